The highest BCUT2D eigenvalue weighted by Gasteiger charge is 2.27. The van der Waals surface area contributed by atoms with Gasteiger partial charge in [0.25, 0.3) is 0 Å². The lowest BCUT2D eigenvalue weighted by atomic mass is 10.0. The summed E-state index contributed by atoms with van der Waals surface area (Å²) in [7, 11) is -3.47. The van der Waals surface area contributed by atoms with E-state index < -0.39 is 16.0 Å². The molecule has 39 heavy (non-hydrogen) atoms. The summed E-state index contributed by atoms with van der Waals surface area (Å²) in [5, 5.41) is 5.56. The number of ether oxygens (including phenoxy) is 2. The average Bonchev–Trinajstić information content (AvgIpc) is 3.32. The first-order chi connectivity index (χ1) is 18.8. The van der Waals surface area contributed by atoms with Crippen LogP contribution in [-0.4, -0.2) is 53.6 Å². The lowest BCUT2D eigenvalue weighted by Gasteiger charge is -2.23. The van der Waals surface area contributed by atoms with E-state index in [2.05, 4.69) is 28.8 Å². The van der Waals surface area contributed by atoms with Crippen LogP contribution in [0, 0.1) is 0 Å². The summed E-state index contributed by atoms with van der Waals surface area (Å²) in [4.78, 5) is 22.5. The van der Waals surface area contributed by atoms with E-state index in [4.69, 9.17) is 19.6 Å². The Balaban J connectivity index is 1.72. The summed E-state index contributed by atoms with van der Waals surface area (Å²) in [5.74, 6) is -0.295. The Hall–Kier alpha value is -3.83. The van der Waals surface area contributed by atoms with Gasteiger partial charge in [0.05, 0.1) is 29.5 Å². The Bertz CT molecular complexity index is 1590. The summed E-state index contributed by atoms with van der Waals surface area (Å²) in [6, 6.07) is 13.1. The molecule has 0 bridgehead atoms. The molecule has 0 amide bonds. The number of aromatic nitrogens is 4. The van der Waals surface area contributed by atoms with Gasteiger partial charge in [-0.2, -0.15) is 5.10 Å². The number of anilines is 1. The average molecular weight is 550 g/mol. The van der Waals surface area contributed by atoms with Crippen molar-refractivity contribution in [2.24, 2.45) is 0 Å². The van der Waals surface area contributed by atoms with Crippen molar-refractivity contribution in [2.75, 3.05) is 24.2 Å². The number of nitrogens with zero attached hydrogens (tertiary/aromatic N) is 4. The highest BCUT2D eigenvalue weighted by Crippen LogP contribution is 2.36. The topological polar surface area (TPSA) is 125 Å². The predicted octanol–water partition coefficient (Wildman–Crippen LogP) is 4.97. The zero-order valence-electron chi connectivity index (χ0n) is 22.2. The molecule has 3 aromatic heterocycles. The van der Waals surface area contributed by atoms with Crippen LogP contribution in [0.4, 0.5) is 5.82 Å². The van der Waals surface area contributed by atoms with Crippen molar-refractivity contribution in [3.63, 3.8) is 0 Å². The Morgan fingerprint density at radius 1 is 1.13 bits per heavy atom. The summed E-state index contributed by atoms with van der Waals surface area (Å²) >= 11 is 0. The first-order valence-corrected chi connectivity index (χ1v) is 14.9. The minimum atomic E-state index is -3.47. The molecule has 0 radical (unpaired) electrons. The summed E-state index contributed by atoms with van der Waals surface area (Å²) in [6.07, 6.45) is 5.92. The van der Waals surface area contributed by atoms with E-state index >= 15 is 0 Å². The highest BCUT2D eigenvalue weighted by molar-refractivity contribution is 7.92. The van der Waals surface area contributed by atoms with E-state index in [1.165, 1.54) is 11.8 Å². The van der Waals surface area contributed by atoms with Crippen LogP contribution < -0.4 is 4.72 Å². The van der Waals surface area contributed by atoms with Gasteiger partial charge in [0.2, 0.25) is 10.0 Å². The first-order valence-electron chi connectivity index (χ1n) is 13.0. The Labute approximate surface area is 227 Å². The number of carbonyl (C=O) groups excluding carboxylic acids is 1. The third-order valence-corrected chi connectivity index (χ3v) is 7.15. The van der Waals surface area contributed by atoms with Gasteiger partial charge in [-0.1, -0.05) is 31.2 Å². The molecule has 1 saturated heterocycles. The molecule has 1 aliphatic heterocycles. The summed E-state index contributed by atoms with van der Waals surface area (Å²) < 4.78 is 38.8. The van der Waals surface area contributed by atoms with Gasteiger partial charge >= 0.3 is 5.97 Å². The lowest BCUT2D eigenvalue weighted by molar-refractivity contribution is -0.0368. The quantitative estimate of drug-likeness (QED) is 0.306. The molecule has 0 saturated carbocycles. The molecule has 1 aliphatic rings. The number of carbonyl (C=O) groups is 1. The van der Waals surface area contributed by atoms with E-state index in [9.17, 15) is 13.2 Å². The second kappa shape index (κ2) is 11.1. The first kappa shape index (κ1) is 26.8. The van der Waals surface area contributed by atoms with Crippen LogP contribution in [-0.2, 0) is 25.9 Å². The second-order valence-corrected chi connectivity index (χ2v) is 11.2. The smallest absolute Gasteiger partial charge is 0.339 e. The fraction of sp³-hybridized carbons (Fsp3) is 0.357. The zero-order chi connectivity index (χ0) is 27.6. The number of sulfonamides is 1. The fourth-order valence-corrected chi connectivity index (χ4v) is 5.17. The number of pyridine rings is 2. The molecule has 204 valence electrons. The van der Waals surface area contributed by atoms with Crippen molar-refractivity contribution in [3.05, 3.63) is 59.8 Å². The van der Waals surface area contributed by atoms with Crippen molar-refractivity contribution in [3.8, 4) is 22.5 Å². The van der Waals surface area contributed by atoms with Gasteiger partial charge in [0.1, 0.15) is 11.5 Å². The van der Waals surface area contributed by atoms with E-state index in [0.29, 0.717) is 40.2 Å². The van der Waals surface area contributed by atoms with Gasteiger partial charge in [-0.3, -0.25) is 4.72 Å². The minimum absolute atomic E-state index is 0.186. The molecule has 11 heteroatoms. The fourth-order valence-electron chi connectivity index (χ4n) is 4.67. The molecular formula is C28H31N5O5S. The number of hydrogen-bond donors (Lipinski definition) is 1. The number of nitrogens with one attached hydrogen (secondary N) is 1. The third kappa shape index (κ3) is 5.79. The maximum Gasteiger partial charge on any atom is 0.339 e. The molecule has 1 N–H and O–H groups in total. The number of rotatable bonds is 8. The molecule has 1 unspecified atom stereocenters. The molecule has 0 aliphatic carbocycles. The SMILES string of the molecule is CCOC(=O)c1cc(-c2ccc(NS(C)(=O)=O)nc2)nc2c1c(-c1ccc(CC)cc1)nn2C1CCCCO1. The van der Waals surface area contributed by atoms with Gasteiger partial charge in [-0.05, 0) is 56.4 Å². The van der Waals surface area contributed by atoms with Crippen LogP contribution in [0.2, 0.25) is 0 Å². The Morgan fingerprint density at radius 3 is 2.51 bits per heavy atom. The Kier molecular flexibility index (Phi) is 7.62. The number of esters is 1. The van der Waals surface area contributed by atoms with Crippen molar-refractivity contribution in [1.29, 1.82) is 0 Å². The predicted molar refractivity (Wildman–Crippen MR) is 149 cm³/mol. The maximum atomic E-state index is 13.3. The Morgan fingerprint density at radius 2 is 1.90 bits per heavy atom. The van der Waals surface area contributed by atoms with Gasteiger partial charge in [-0.15, -0.1) is 0 Å². The van der Waals surface area contributed by atoms with Crippen LogP contribution in [0.5, 0.6) is 0 Å². The monoisotopic (exact) mass is 549 g/mol. The summed E-state index contributed by atoms with van der Waals surface area (Å²) in [6.45, 7) is 4.70. The third-order valence-electron chi connectivity index (χ3n) is 6.57. The van der Waals surface area contributed by atoms with Crippen LogP contribution in [0.25, 0.3) is 33.5 Å². The van der Waals surface area contributed by atoms with Crippen LogP contribution >= 0.6 is 0 Å². The molecular weight excluding hydrogens is 518 g/mol. The molecule has 4 heterocycles. The van der Waals surface area contributed by atoms with Gasteiger partial charge < -0.3 is 9.47 Å². The summed E-state index contributed by atoms with van der Waals surface area (Å²) in [5.41, 5.74) is 4.63. The normalized spacial score (nSPS) is 15.8. The standard InChI is InChI=1S/C28H31N5O5S/c1-4-18-9-11-19(12-10-18)26-25-21(28(34)37-5-2)16-22(20-13-14-23(29-17-20)32-39(3,35)36)30-27(25)33(31-26)24-8-6-7-15-38-24/h9-14,16-17,24H,4-8,15H2,1-3H3,(H,29,32). The number of aryl methyl sites for hydroxylation is 1. The van der Waals surface area contributed by atoms with Crippen molar-refractivity contribution < 1.29 is 22.7 Å². The van der Waals surface area contributed by atoms with Crippen molar-refractivity contribution >= 4 is 32.8 Å². The van der Waals surface area contributed by atoms with Gasteiger partial charge in [0, 0.05) is 23.9 Å². The highest BCUT2D eigenvalue weighted by atomic mass is 32.2. The van der Waals surface area contributed by atoms with E-state index in [-0.39, 0.29) is 18.7 Å². The van der Waals surface area contributed by atoms with Crippen molar-refractivity contribution in [2.45, 2.75) is 45.8 Å². The largest absolute Gasteiger partial charge is 0.462 e. The van der Waals surface area contributed by atoms with Crippen LogP contribution in [0.1, 0.15) is 55.3 Å². The van der Waals surface area contributed by atoms with Gasteiger partial charge in [0.15, 0.2) is 11.9 Å². The van der Waals surface area contributed by atoms with Crippen LogP contribution in [0.15, 0.2) is 48.7 Å². The molecule has 4 aromatic rings. The van der Waals surface area contributed by atoms with E-state index in [1.807, 2.05) is 12.1 Å². The maximum absolute atomic E-state index is 13.3. The van der Waals surface area contributed by atoms with Crippen molar-refractivity contribution in [1.82, 2.24) is 19.7 Å². The minimum Gasteiger partial charge on any atom is -0.462 e. The molecule has 5 rings (SSSR count). The number of hydrogen-bond acceptors (Lipinski definition) is 8. The van der Waals surface area contributed by atoms with Gasteiger partial charge in [-0.25, -0.2) is 27.9 Å². The molecule has 0 spiro atoms. The molecule has 1 atom stereocenters. The lowest BCUT2D eigenvalue weighted by Crippen LogP contribution is -2.19. The molecule has 1 aromatic carbocycles. The number of benzene rings is 1. The van der Waals surface area contributed by atoms with Crippen LogP contribution in [0.3, 0.4) is 0 Å². The van der Waals surface area contributed by atoms with E-state index in [1.54, 1.807) is 29.8 Å². The second-order valence-electron chi connectivity index (χ2n) is 9.45. The number of fused-ring (bicyclic) bond motifs is 1. The van der Waals surface area contributed by atoms with E-state index in [0.717, 1.165) is 37.5 Å². The molecule has 10 nitrogen and oxygen atoms in total. The molecule has 1 fully saturated rings. The zero-order valence-corrected chi connectivity index (χ0v) is 23.0.